The average Bonchev–Trinajstić information content (AvgIpc) is 3.61. The molecule has 1 N–H and O–H groups in total. The predicted molar refractivity (Wildman–Crippen MR) is 151 cm³/mol. The number of furan rings is 1. The maximum atomic E-state index is 13.6. The van der Waals surface area contributed by atoms with Crippen molar-refractivity contribution >= 4 is 16.6 Å². The summed E-state index contributed by atoms with van der Waals surface area (Å²) in [7, 11) is 0. The summed E-state index contributed by atoms with van der Waals surface area (Å²) in [5.41, 5.74) is 7.46. The van der Waals surface area contributed by atoms with Crippen LogP contribution in [-0.4, -0.2) is 56.3 Å². The zero-order chi connectivity index (χ0) is 27.1. The molecule has 1 saturated heterocycles. The van der Waals surface area contributed by atoms with Gasteiger partial charge in [0.2, 0.25) is 0 Å². The number of aromatic nitrogens is 5. The third kappa shape index (κ3) is 4.85. The fourth-order valence-electron chi connectivity index (χ4n) is 5.55. The van der Waals surface area contributed by atoms with Gasteiger partial charge in [-0.15, -0.1) is 5.10 Å². The van der Waals surface area contributed by atoms with Gasteiger partial charge < -0.3 is 14.3 Å². The summed E-state index contributed by atoms with van der Waals surface area (Å²) in [6, 6.07) is 16.1. The Balaban J connectivity index is 1.40. The summed E-state index contributed by atoms with van der Waals surface area (Å²) >= 11 is 0. The summed E-state index contributed by atoms with van der Waals surface area (Å²) in [6.45, 7) is 12.0. The zero-order valence-electron chi connectivity index (χ0n) is 22.8. The SMILES string of the molecule is Cc1ccc(C)c(N2CCN([C@@H](c3cc4cc(C)c(C)cc4[nH]c3=O)c3nnnn3Cc3ccco3)CC2)c1. The Morgan fingerprint density at radius 2 is 1.74 bits per heavy atom. The number of fused-ring (bicyclic) bond motifs is 1. The summed E-state index contributed by atoms with van der Waals surface area (Å²) in [5.74, 6) is 1.38. The first-order valence-electron chi connectivity index (χ1n) is 13.4. The van der Waals surface area contributed by atoms with E-state index in [2.05, 4.69) is 82.3 Å². The fourth-order valence-corrected chi connectivity index (χ4v) is 5.55. The Morgan fingerprint density at radius 3 is 2.51 bits per heavy atom. The number of aromatic amines is 1. The van der Waals surface area contributed by atoms with Crippen molar-refractivity contribution in [1.82, 2.24) is 30.1 Å². The van der Waals surface area contributed by atoms with E-state index < -0.39 is 6.04 Å². The van der Waals surface area contributed by atoms with E-state index in [0.717, 1.165) is 48.4 Å². The molecule has 2 aromatic carbocycles. The van der Waals surface area contributed by atoms with Crippen LogP contribution in [0.4, 0.5) is 5.69 Å². The van der Waals surface area contributed by atoms with Crippen molar-refractivity contribution in [2.75, 3.05) is 31.1 Å². The molecule has 0 saturated carbocycles. The largest absolute Gasteiger partial charge is 0.467 e. The summed E-state index contributed by atoms with van der Waals surface area (Å²) in [4.78, 5) is 21.5. The highest BCUT2D eigenvalue weighted by atomic mass is 16.3. The van der Waals surface area contributed by atoms with Crippen LogP contribution in [0, 0.1) is 27.7 Å². The van der Waals surface area contributed by atoms with Crippen LogP contribution < -0.4 is 10.5 Å². The van der Waals surface area contributed by atoms with Crippen molar-refractivity contribution in [3.8, 4) is 0 Å². The van der Waals surface area contributed by atoms with Crippen LogP contribution in [-0.2, 0) is 6.54 Å². The van der Waals surface area contributed by atoms with Crippen molar-refractivity contribution in [2.45, 2.75) is 40.3 Å². The van der Waals surface area contributed by atoms with E-state index in [-0.39, 0.29) is 5.56 Å². The Morgan fingerprint density at radius 1 is 0.949 bits per heavy atom. The molecule has 1 fully saturated rings. The number of pyridine rings is 1. The van der Waals surface area contributed by atoms with Gasteiger partial charge >= 0.3 is 0 Å². The molecular weight excluding hydrogens is 490 g/mol. The second-order valence-electron chi connectivity index (χ2n) is 10.6. The molecule has 9 heteroatoms. The number of nitrogens with zero attached hydrogens (tertiary/aromatic N) is 6. The molecule has 0 bridgehead atoms. The van der Waals surface area contributed by atoms with Gasteiger partial charge in [0.15, 0.2) is 5.82 Å². The molecule has 9 nitrogen and oxygen atoms in total. The van der Waals surface area contributed by atoms with Gasteiger partial charge in [-0.2, -0.15) is 0 Å². The first-order valence-corrected chi connectivity index (χ1v) is 13.4. The van der Waals surface area contributed by atoms with Crippen molar-refractivity contribution in [2.24, 2.45) is 0 Å². The van der Waals surface area contributed by atoms with E-state index in [0.29, 0.717) is 17.9 Å². The molecule has 3 aromatic heterocycles. The van der Waals surface area contributed by atoms with E-state index >= 15 is 0 Å². The number of H-pyrrole nitrogens is 1. The quantitative estimate of drug-likeness (QED) is 0.354. The molecule has 6 rings (SSSR count). The highest BCUT2D eigenvalue weighted by Crippen LogP contribution is 2.30. The Labute approximate surface area is 227 Å². The van der Waals surface area contributed by atoms with Gasteiger partial charge in [0.25, 0.3) is 5.56 Å². The van der Waals surface area contributed by atoms with Crippen molar-refractivity contribution in [3.05, 3.63) is 105 Å². The van der Waals surface area contributed by atoms with Gasteiger partial charge in [-0.1, -0.05) is 12.1 Å². The van der Waals surface area contributed by atoms with E-state index in [1.54, 1.807) is 10.9 Å². The lowest BCUT2D eigenvalue weighted by Gasteiger charge is -2.40. The van der Waals surface area contributed by atoms with Gasteiger partial charge in [0.05, 0.1) is 6.26 Å². The Bertz CT molecular complexity index is 1680. The molecule has 0 radical (unpaired) electrons. The van der Waals surface area contributed by atoms with Gasteiger partial charge in [-0.3, -0.25) is 9.69 Å². The maximum absolute atomic E-state index is 13.6. The van der Waals surface area contributed by atoms with E-state index in [1.807, 2.05) is 24.3 Å². The fraction of sp³-hybridized carbons (Fsp3) is 0.333. The lowest BCUT2D eigenvalue weighted by Crippen LogP contribution is -2.49. The molecule has 39 heavy (non-hydrogen) atoms. The van der Waals surface area contributed by atoms with Gasteiger partial charge in [0, 0.05) is 42.9 Å². The van der Waals surface area contributed by atoms with Gasteiger partial charge in [-0.25, -0.2) is 4.68 Å². The molecule has 1 aliphatic rings. The zero-order valence-corrected chi connectivity index (χ0v) is 22.8. The van der Waals surface area contributed by atoms with Crippen LogP contribution in [0.15, 0.2) is 64.0 Å². The van der Waals surface area contributed by atoms with E-state index in [1.165, 1.54) is 22.4 Å². The van der Waals surface area contributed by atoms with Crippen LogP contribution in [0.2, 0.25) is 0 Å². The number of anilines is 1. The Kier molecular flexibility index (Phi) is 6.52. The summed E-state index contributed by atoms with van der Waals surface area (Å²) < 4.78 is 7.32. The van der Waals surface area contributed by atoms with Gasteiger partial charge in [-0.05, 0) is 102 Å². The minimum atomic E-state index is -0.412. The van der Waals surface area contributed by atoms with E-state index in [4.69, 9.17) is 4.42 Å². The van der Waals surface area contributed by atoms with Crippen LogP contribution in [0.25, 0.3) is 10.9 Å². The molecule has 5 aromatic rings. The molecule has 1 aliphatic heterocycles. The second-order valence-corrected chi connectivity index (χ2v) is 10.6. The number of benzene rings is 2. The molecule has 0 spiro atoms. The second kappa shape index (κ2) is 10.1. The number of piperazine rings is 1. The molecule has 0 aliphatic carbocycles. The highest BCUT2D eigenvalue weighted by Gasteiger charge is 2.33. The average molecular weight is 524 g/mol. The van der Waals surface area contributed by atoms with E-state index in [9.17, 15) is 4.79 Å². The van der Waals surface area contributed by atoms with Crippen molar-refractivity contribution < 1.29 is 4.42 Å². The minimum Gasteiger partial charge on any atom is -0.467 e. The topological polar surface area (TPSA) is 96.1 Å². The summed E-state index contributed by atoms with van der Waals surface area (Å²) in [5, 5.41) is 13.8. The third-order valence-corrected chi connectivity index (χ3v) is 7.86. The van der Waals surface area contributed by atoms with Crippen LogP contribution in [0.5, 0.6) is 0 Å². The lowest BCUT2D eigenvalue weighted by molar-refractivity contribution is 0.200. The number of hydrogen-bond acceptors (Lipinski definition) is 7. The standard InChI is InChI=1S/C30H33N7O2/c1-19-7-8-20(2)27(14-19)35-9-11-36(12-10-35)28(29-32-33-34-37(29)18-24-6-5-13-39-24)25-17-23-15-21(3)22(4)16-26(23)31-30(25)38/h5-8,13-17,28H,9-12,18H2,1-4H3,(H,31,38)/t28-/m0/s1. The molecular formula is C30H33N7O2. The van der Waals surface area contributed by atoms with Crippen LogP contribution in [0.1, 0.15) is 45.4 Å². The number of hydrogen-bond donors (Lipinski definition) is 1. The monoisotopic (exact) mass is 523 g/mol. The van der Waals surface area contributed by atoms with Crippen LogP contribution in [0.3, 0.4) is 0 Å². The van der Waals surface area contributed by atoms with Crippen LogP contribution >= 0.6 is 0 Å². The first kappa shape index (κ1) is 25.1. The number of aryl methyl sites for hydroxylation is 4. The normalized spacial score (nSPS) is 15.2. The smallest absolute Gasteiger partial charge is 0.253 e. The number of nitrogens with one attached hydrogen (secondary N) is 1. The maximum Gasteiger partial charge on any atom is 0.253 e. The molecule has 0 unspecified atom stereocenters. The van der Waals surface area contributed by atoms with Crippen molar-refractivity contribution in [3.63, 3.8) is 0 Å². The third-order valence-electron chi connectivity index (χ3n) is 7.86. The molecule has 4 heterocycles. The van der Waals surface area contributed by atoms with Gasteiger partial charge in [0.1, 0.15) is 18.3 Å². The molecule has 1 atom stereocenters. The number of tetrazole rings is 1. The Hall–Kier alpha value is -4.24. The highest BCUT2D eigenvalue weighted by molar-refractivity contribution is 5.81. The summed E-state index contributed by atoms with van der Waals surface area (Å²) in [6.07, 6.45) is 1.64. The van der Waals surface area contributed by atoms with Crippen molar-refractivity contribution in [1.29, 1.82) is 0 Å². The lowest BCUT2D eigenvalue weighted by atomic mass is 10.00. The number of rotatable bonds is 6. The molecule has 0 amide bonds. The first-order chi connectivity index (χ1) is 18.9. The minimum absolute atomic E-state index is 0.125. The molecule has 200 valence electrons. The predicted octanol–water partition coefficient (Wildman–Crippen LogP) is 4.30.